The van der Waals surface area contributed by atoms with Crippen LogP contribution >= 0.6 is 0 Å². The van der Waals surface area contributed by atoms with Gasteiger partial charge in [-0.05, 0) is 27.2 Å². The number of alkyl halides is 1. The summed E-state index contributed by atoms with van der Waals surface area (Å²) < 4.78 is 17.5. The second-order valence-corrected chi connectivity index (χ2v) is 5.34. The van der Waals surface area contributed by atoms with Gasteiger partial charge in [-0.2, -0.15) is 0 Å². The van der Waals surface area contributed by atoms with Gasteiger partial charge in [-0.25, -0.2) is 9.18 Å². The Morgan fingerprint density at radius 1 is 1.11 bits per heavy atom. The van der Waals surface area contributed by atoms with Crippen molar-refractivity contribution < 1.29 is 18.7 Å². The van der Waals surface area contributed by atoms with E-state index in [0.29, 0.717) is 32.6 Å². The van der Waals surface area contributed by atoms with Crippen LogP contribution in [-0.4, -0.2) is 60.3 Å². The predicted octanol–water partition coefficient (Wildman–Crippen LogP) is 1.43. The number of nitrogens with zero attached hydrogens (tertiary/aromatic N) is 2. The number of rotatable bonds is 1. The molecule has 1 aliphatic rings. The van der Waals surface area contributed by atoms with Crippen LogP contribution in [0.4, 0.5) is 9.18 Å². The van der Waals surface area contributed by atoms with Crippen LogP contribution in [0.2, 0.25) is 0 Å². The fourth-order valence-corrected chi connectivity index (χ4v) is 1.76. The van der Waals surface area contributed by atoms with E-state index in [9.17, 15) is 14.0 Å². The standard InChI is InChI=1S/C12H21FN2O3/c1-12(2,3)18-11(17)15-6-4-5-14(7-8-15)10(16)9-13/h4-9H2,1-3H3. The molecular weight excluding hydrogens is 239 g/mol. The Morgan fingerprint density at radius 3 is 2.22 bits per heavy atom. The predicted molar refractivity (Wildman–Crippen MR) is 65.0 cm³/mol. The Kier molecular flexibility index (Phi) is 4.93. The highest BCUT2D eigenvalue weighted by atomic mass is 19.1. The fraction of sp³-hybridized carbons (Fsp3) is 0.833. The van der Waals surface area contributed by atoms with E-state index in [2.05, 4.69) is 0 Å². The third-order valence-electron chi connectivity index (χ3n) is 2.61. The average molecular weight is 260 g/mol. The molecule has 6 heteroatoms. The van der Waals surface area contributed by atoms with E-state index in [4.69, 9.17) is 4.74 Å². The Morgan fingerprint density at radius 2 is 1.67 bits per heavy atom. The molecule has 0 bridgehead atoms. The molecule has 0 saturated carbocycles. The molecule has 0 atom stereocenters. The lowest BCUT2D eigenvalue weighted by Crippen LogP contribution is -2.40. The molecule has 18 heavy (non-hydrogen) atoms. The summed E-state index contributed by atoms with van der Waals surface area (Å²) >= 11 is 0. The van der Waals surface area contributed by atoms with Gasteiger partial charge in [0.2, 0.25) is 0 Å². The number of hydrogen-bond donors (Lipinski definition) is 0. The first-order valence-corrected chi connectivity index (χ1v) is 6.15. The van der Waals surface area contributed by atoms with Crippen molar-refractivity contribution in [2.45, 2.75) is 32.8 Å². The highest BCUT2D eigenvalue weighted by molar-refractivity contribution is 5.77. The summed E-state index contributed by atoms with van der Waals surface area (Å²) in [5, 5.41) is 0. The van der Waals surface area contributed by atoms with E-state index in [-0.39, 0.29) is 6.09 Å². The summed E-state index contributed by atoms with van der Waals surface area (Å²) in [6.45, 7) is 6.22. The summed E-state index contributed by atoms with van der Waals surface area (Å²) in [5.41, 5.74) is -0.530. The largest absolute Gasteiger partial charge is 0.444 e. The maximum Gasteiger partial charge on any atom is 0.410 e. The zero-order valence-corrected chi connectivity index (χ0v) is 11.2. The summed E-state index contributed by atoms with van der Waals surface area (Å²) in [5.74, 6) is -0.513. The van der Waals surface area contributed by atoms with Crippen molar-refractivity contribution in [3.8, 4) is 0 Å². The third kappa shape index (κ3) is 4.50. The number of carbonyl (C=O) groups is 2. The Bertz CT molecular complexity index is 315. The lowest BCUT2D eigenvalue weighted by molar-refractivity contribution is -0.132. The van der Waals surface area contributed by atoms with Gasteiger partial charge in [-0.3, -0.25) is 4.79 Å². The van der Waals surface area contributed by atoms with Gasteiger partial charge >= 0.3 is 6.09 Å². The molecule has 0 aromatic carbocycles. The van der Waals surface area contributed by atoms with Gasteiger partial charge in [0.1, 0.15) is 5.60 Å². The molecule has 0 aromatic rings. The zero-order valence-electron chi connectivity index (χ0n) is 11.2. The van der Waals surface area contributed by atoms with Gasteiger partial charge in [0.05, 0.1) is 0 Å². The number of hydrogen-bond acceptors (Lipinski definition) is 3. The van der Waals surface area contributed by atoms with Crippen molar-refractivity contribution in [1.29, 1.82) is 0 Å². The quantitative estimate of drug-likeness (QED) is 0.716. The Balaban J connectivity index is 2.51. The minimum absolute atomic E-state index is 0.363. The van der Waals surface area contributed by atoms with Crippen LogP contribution in [0, 0.1) is 0 Å². The lowest BCUT2D eigenvalue weighted by Gasteiger charge is -2.26. The fourth-order valence-electron chi connectivity index (χ4n) is 1.76. The van der Waals surface area contributed by atoms with Crippen molar-refractivity contribution in [2.24, 2.45) is 0 Å². The molecule has 0 radical (unpaired) electrons. The van der Waals surface area contributed by atoms with E-state index in [1.807, 2.05) is 20.8 Å². The number of ether oxygens (including phenoxy) is 1. The molecule has 0 spiro atoms. The summed E-state index contributed by atoms with van der Waals surface area (Å²) in [4.78, 5) is 26.1. The minimum atomic E-state index is -0.980. The minimum Gasteiger partial charge on any atom is -0.444 e. The first-order chi connectivity index (χ1) is 8.33. The lowest BCUT2D eigenvalue weighted by atomic mass is 10.2. The van der Waals surface area contributed by atoms with Crippen molar-refractivity contribution in [3.63, 3.8) is 0 Å². The smallest absolute Gasteiger partial charge is 0.410 e. The second kappa shape index (κ2) is 6.02. The maximum atomic E-state index is 12.3. The maximum absolute atomic E-state index is 12.3. The van der Waals surface area contributed by atoms with Gasteiger partial charge in [0.25, 0.3) is 5.91 Å². The monoisotopic (exact) mass is 260 g/mol. The molecule has 1 fully saturated rings. The Hall–Kier alpha value is -1.33. The van der Waals surface area contributed by atoms with E-state index in [0.717, 1.165) is 0 Å². The van der Waals surface area contributed by atoms with E-state index < -0.39 is 18.2 Å². The van der Waals surface area contributed by atoms with Crippen LogP contribution in [0.25, 0.3) is 0 Å². The molecule has 1 heterocycles. The summed E-state index contributed by atoms with van der Waals surface area (Å²) in [6, 6.07) is 0. The Labute approximate surface area is 107 Å². The van der Waals surface area contributed by atoms with E-state index in [1.54, 1.807) is 4.90 Å². The topological polar surface area (TPSA) is 49.9 Å². The average Bonchev–Trinajstić information content (AvgIpc) is 2.51. The first-order valence-electron chi connectivity index (χ1n) is 6.15. The molecule has 1 aliphatic heterocycles. The zero-order chi connectivity index (χ0) is 13.8. The molecule has 5 nitrogen and oxygen atoms in total. The first kappa shape index (κ1) is 14.7. The van der Waals surface area contributed by atoms with Gasteiger partial charge < -0.3 is 14.5 Å². The van der Waals surface area contributed by atoms with Crippen molar-refractivity contribution in [2.75, 3.05) is 32.9 Å². The molecule has 0 aliphatic carbocycles. The molecule has 0 aromatic heterocycles. The van der Waals surface area contributed by atoms with Gasteiger partial charge in [0.15, 0.2) is 6.67 Å². The molecule has 104 valence electrons. The summed E-state index contributed by atoms with van der Waals surface area (Å²) in [7, 11) is 0. The third-order valence-corrected chi connectivity index (χ3v) is 2.61. The molecule has 2 amide bonds. The highest BCUT2D eigenvalue weighted by Crippen LogP contribution is 2.12. The van der Waals surface area contributed by atoms with E-state index in [1.165, 1.54) is 4.90 Å². The van der Waals surface area contributed by atoms with Gasteiger partial charge in [-0.1, -0.05) is 0 Å². The van der Waals surface area contributed by atoms with Crippen molar-refractivity contribution >= 4 is 12.0 Å². The van der Waals surface area contributed by atoms with Crippen molar-refractivity contribution in [3.05, 3.63) is 0 Å². The summed E-state index contributed by atoms with van der Waals surface area (Å²) in [6.07, 6.45) is 0.266. The second-order valence-electron chi connectivity index (χ2n) is 5.34. The van der Waals surface area contributed by atoms with Crippen LogP contribution in [0.15, 0.2) is 0 Å². The van der Waals surface area contributed by atoms with Crippen LogP contribution < -0.4 is 0 Å². The highest BCUT2D eigenvalue weighted by Gasteiger charge is 2.25. The number of amides is 2. The van der Waals surface area contributed by atoms with Crippen LogP contribution in [-0.2, 0) is 9.53 Å². The number of carbonyl (C=O) groups excluding carboxylic acids is 2. The van der Waals surface area contributed by atoms with E-state index >= 15 is 0 Å². The molecule has 1 rings (SSSR count). The molecule has 0 unspecified atom stereocenters. The molecular formula is C12H21FN2O3. The van der Waals surface area contributed by atoms with Crippen LogP contribution in [0.1, 0.15) is 27.2 Å². The van der Waals surface area contributed by atoms with Gasteiger partial charge in [0, 0.05) is 26.2 Å². The van der Waals surface area contributed by atoms with Crippen LogP contribution in [0.5, 0.6) is 0 Å². The SMILES string of the molecule is CC(C)(C)OC(=O)N1CCCN(C(=O)CF)CC1. The normalized spacial score (nSPS) is 17.3. The molecule has 1 saturated heterocycles. The van der Waals surface area contributed by atoms with Crippen molar-refractivity contribution in [1.82, 2.24) is 9.80 Å². The number of halogens is 1. The molecule has 0 N–H and O–H groups in total. The van der Waals surface area contributed by atoms with Crippen LogP contribution in [0.3, 0.4) is 0 Å². The van der Waals surface area contributed by atoms with Gasteiger partial charge in [-0.15, -0.1) is 0 Å².